The summed E-state index contributed by atoms with van der Waals surface area (Å²) < 4.78 is 0. The van der Waals surface area contributed by atoms with E-state index in [1.165, 1.54) is 63.2 Å². The first-order chi connectivity index (χ1) is 9.51. The van der Waals surface area contributed by atoms with E-state index >= 15 is 0 Å². The van der Waals surface area contributed by atoms with Crippen molar-refractivity contribution in [3.63, 3.8) is 0 Å². The lowest BCUT2D eigenvalue weighted by Crippen LogP contribution is -2.33. The lowest BCUT2D eigenvalue weighted by Gasteiger charge is -2.27. The summed E-state index contributed by atoms with van der Waals surface area (Å²) in [6.07, 6.45) is 7.58. The van der Waals surface area contributed by atoms with Gasteiger partial charge in [0.2, 0.25) is 0 Å². The number of aliphatic hydroxyl groups is 1. The van der Waals surface area contributed by atoms with Gasteiger partial charge in [0.25, 0.3) is 0 Å². The zero-order chi connectivity index (χ0) is 14.8. The summed E-state index contributed by atoms with van der Waals surface area (Å²) in [6.45, 7) is 11.2. The summed E-state index contributed by atoms with van der Waals surface area (Å²) in [5, 5.41) is 9.20. The minimum Gasteiger partial charge on any atom is -0.396 e. The van der Waals surface area contributed by atoms with Gasteiger partial charge in [0, 0.05) is 31.2 Å². The lowest BCUT2D eigenvalue weighted by atomic mass is 9.81. The second-order valence-corrected chi connectivity index (χ2v) is 8.67. The molecule has 1 atom stereocenters. The van der Waals surface area contributed by atoms with Crippen molar-refractivity contribution in [1.82, 2.24) is 4.90 Å². The number of aliphatic hydroxyl groups excluding tert-OH is 1. The molecule has 1 saturated heterocycles. The van der Waals surface area contributed by atoms with Gasteiger partial charge < -0.3 is 10.0 Å². The third-order valence-corrected chi connectivity index (χ3v) is 5.07. The highest BCUT2D eigenvalue weighted by atomic mass is 32.2. The molecule has 0 amide bonds. The van der Waals surface area contributed by atoms with Gasteiger partial charge in [-0.2, -0.15) is 11.8 Å². The van der Waals surface area contributed by atoms with Crippen LogP contribution in [0.3, 0.4) is 0 Å². The molecule has 3 heteroatoms. The summed E-state index contributed by atoms with van der Waals surface area (Å²) in [5.74, 6) is 3.36. The van der Waals surface area contributed by atoms with Crippen LogP contribution < -0.4 is 0 Å². The van der Waals surface area contributed by atoms with Gasteiger partial charge in [-0.25, -0.2) is 0 Å². The molecule has 120 valence electrons. The normalized spacial score (nSPS) is 19.2. The molecular formula is C17H35NOS. The molecule has 1 aliphatic heterocycles. The Balaban J connectivity index is 2.07. The van der Waals surface area contributed by atoms with Crippen LogP contribution in [0.4, 0.5) is 0 Å². The molecule has 1 fully saturated rings. The van der Waals surface area contributed by atoms with Crippen LogP contribution in [0.2, 0.25) is 0 Å². The summed E-state index contributed by atoms with van der Waals surface area (Å²) >= 11 is 2.09. The molecule has 2 nitrogen and oxygen atoms in total. The van der Waals surface area contributed by atoms with Crippen molar-refractivity contribution < 1.29 is 5.11 Å². The van der Waals surface area contributed by atoms with E-state index in [2.05, 4.69) is 37.4 Å². The second-order valence-electron chi connectivity index (χ2n) is 7.45. The SMILES string of the molecule is CC(C)(C)C[C@H](CCO)CCCCCN1CCSCC1. The van der Waals surface area contributed by atoms with Crippen LogP contribution in [0.15, 0.2) is 0 Å². The Morgan fingerprint density at radius 1 is 1.05 bits per heavy atom. The average molecular weight is 302 g/mol. The molecule has 1 rings (SSSR count). The highest BCUT2D eigenvalue weighted by Gasteiger charge is 2.18. The lowest BCUT2D eigenvalue weighted by molar-refractivity contribution is 0.206. The topological polar surface area (TPSA) is 23.5 Å². The fourth-order valence-electron chi connectivity index (χ4n) is 3.17. The second kappa shape index (κ2) is 10.1. The molecule has 0 aromatic rings. The van der Waals surface area contributed by atoms with Crippen LogP contribution in [-0.2, 0) is 0 Å². The summed E-state index contributed by atoms with van der Waals surface area (Å²) in [5.41, 5.74) is 0.394. The largest absolute Gasteiger partial charge is 0.396 e. The smallest absolute Gasteiger partial charge is 0.0433 e. The summed E-state index contributed by atoms with van der Waals surface area (Å²) in [7, 11) is 0. The van der Waals surface area contributed by atoms with Gasteiger partial charge in [-0.1, -0.05) is 40.0 Å². The molecule has 0 aromatic heterocycles. The quantitative estimate of drug-likeness (QED) is 0.650. The van der Waals surface area contributed by atoms with Gasteiger partial charge in [0.15, 0.2) is 0 Å². The molecule has 0 saturated carbocycles. The van der Waals surface area contributed by atoms with E-state index in [1.54, 1.807) is 0 Å². The number of hydrogen-bond donors (Lipinski definition) is 1. The van der Waals surface area contributed by atoms with Crippen molar-refractivity contribution in [2.75, 3.05) is 37.7 Å². The third-order valence-electron chi connectivity index (χ3n) is 4.13. The molecule has 0 aromatic carbocycles. The van der Waals surface area contributed by atoms with Crippen LogP contribution in [0.1, 0.15) is 59.3 Å². The standard InChI is InChI=1S/C17H35NOS/c1-17(2,3)15-16(8-12-19)7-5-4-6-9-18-10-13-20-14-11-18/h16,19H,4-15H2,1-3H3/t16-/m0/s1. The van der Waals surface area contributed by atoms with Crippen molar-refractivity contribution in [3.05, 3.63) is 0 Å². The fraction of sp³-hybridized carbons (Fsp3) is 1.00. The number of rotatable bonds is 9. The zero-order valence-corrected chi connectivity index (χ0v) is 14.7. The van der Waals surface area contributed by atoms with Crippen LogP contribution in [0.25, 0.3) is 0 Å². The van der Waals surface area contributed by atoms with Crippen molar-refractivity contribution in [3.8, 4) is 0 Å². The van der Waals surface area contributed by atoms with E-state index in [0.717, 1.165) is 6.42 Å². The Morgan fingerprint density at radius 2 is 1.75 bits per heavy atom. The minimum atomic E-state index is 0.353. The van der Waals surface area contributed by atoms with Gasteiger partial charge in [-0.3, -0.25) is 0 Å². The first-order valence-corrected chi connectivity index (χ1v) is 9.58. The molecule has 0 bridgehead atoms. The first kappa shape index (κ1) is 18.3. The van der Waals surface area contributed by atoms with Crippen LogP contribution in [-0.4, -0.2) is 47.8 Å². The monoisotopic (exact) mass is 301 g/mol. The Kier molecular flexibility index (Phi) is 9.23. The highest BCUT2D eigenvalue weighted by Crippen LogP contribution is 2.29. The van der Waals surface area contributed by atoms with E-state index in [-0.39, 0.29) is 0 Å². The van der Waals surface area contributed by atoms with Crippen molar-refractivity contribution in [2.45, 2.75) is 59.3 Å². The molecule has 20 heavy (non-hydrogen) atoms. The first-order valence-electron chi connectivity index (χ1n) is 8.42. The zero-order valence-electron chi connectivity index (χ0n) is 13.9. The number of thioether (sulfide) groups is 1. The predicted octanol–water partition coefficient (Wildman–Crippen LogP) is 4.03. The molecule has 0 aliphatic carbocycles. The van der Waals surface area contributed by atoms with Crippen LogP contribution in [0, 0.1) is 11.3 Å². The van der Waals surface area contributed by atoms with E-state index in [0.29, 0.717) is 17.9 Å². The van der Waals surface area contributed by atoms with E-state index in [4.69, 9.17) is 0 Å². The van der Waals surface area contributed by atoms with E-state index in [1.807, 2.05) is 0 Å². The number of nitrogens with zero attached hydrogens (tertiary/aromatic N) is 1. The van der Waals surface area contributed by atoms with E-state index in [9.17, 15) is 5.11 Å². The van der Waals surface area contributed by atoms with Gasteiger partial charge in [-0.15, -0.1) is 0 Å². The van der Waals surface area contributed by atoms with Gasteiger partial charge in [-0.05, 0) is 37.1 Å². The molecule has 1 N–H and O–H groups in total. The molecule has 0 spiro atoms. The Labute approximate surface area is 130 Å². The van der Waals surface area contributed by atoms with Crippen molar-refractivity contribution in [2.24, 2.45) is 11.3 Å². The predicted molar refractivity (Wildman–Crippen MR) is 91.5 cm³/mol. The fourth-order valence-corrected chi connectivity index (χ4v) is 4.15. The van der Waals surface area contributed by atoms with E-state index < -0.39 is 0 Å². The van der Waals surface area contributed by atoms with Crippen molar-refractivity contribution in [1.29, 1.82) is 0 Å². The van der Waals surface area contributed by atoms with Crippen molar-refractivity contribution >= 4 is 11.8 Å². The van der Waals surface area contributed by atoms with Crippen LogP contribution in [0.5, 0.6) is 0 Å². The molecular weight excluding hydrogens is 266 g/mol. The Morgan fingerprint density at radius 3 is 2.35 bits per heavy atom. The number of unbranched alkanes of at least 4 members (excludes halogenated alkanes) is 2. The highest BCUT2D eigenvalue weighted by molar-refractivity contribution is 7.99. The summed E-state index contributed by atoms with van der Waals surface area (Å²) in [4.78, 5) is 2.62. The molecule has 1 aliphatic rings. The minimum absolute atomic E-state index is 0.353. The Bertz CT molecular complexity index is 234. The maximum absolute atomic E-state index is 9.20. The average Bonchev–Trinajstić information content (AvgIpc) is 2.38. The third kappa shape index (κ3) is 9.25. The maximum Gasteiger partial charge on any atom is 0.0433 e. The van der Waals surface area contributed by atoms with Gasteiger partial charge >= 0.3 is 0 Å². The van der Waals surface area contributed by atoms with Gasteiger partial charge in [0.05, 0.1) is 0 Å². The van der Waals surface area contributed by atoms with Gasteiger partial charge in [0.1, 0.15) is 0 Å². The molecule has 0 unspecified atom stereocenters. The van der Waals surface area contributed by atoms with Crippen LogP contribution >= 0.6 is 11.8 Å². The molecule has 1 heterocycles. The molecule has 0 radical (unpaired) electrons. The number of hydrogen-bond acceptors (Lipinski definition) is 3. The Hall–Kier alpha value is 0.270. The maximum atomic E-state index is 9.20. The summed E-state index contributed by atoms with van der Waals surface area (Å²) in [6, 6.07) is 0.